The van der Waals surface area contributed by atoms with Crippen molar-refractivity contribution in [3.05, 3.63) is 48.3 Å². The molecule has 0 atom stereocenters. The van der Waals surface area contributed by atoms with Gasteiger partial charge in [0.05, 0.1) is 6.54 Å². The molecular formula is C15H20N4O. The number of carbonyl (C=O) groups excluding carboxylic acids is 1. The van der Waals surface area contributed by atoms with Crippen LogP contribution in [0.1, 0.15) is 25.8 Å². The summed E-state index contributed by atoms with van der Waals surface area (Å²) >= 11 is 0. The summed E-state index contributed by atoms with van der Waals surface area (Å²) in [5.74, 6) is -0.0783. The number of nitrogens with zero attached hydrogens (tertiary/aromatic N) is 2. The Balaban J connectivity index is 2.10. The molecule has 0 bridgehead atoms. The molecule has 106 valence electrons. The van der Waals surface area contributed by atoms with E-state index >= 15 is 0 Å². The van der Waals surface area contributed by atoms with Crippen LogP contribution in [-0.4, -0.2) is 21.2 Å². The molecule has 0 unspecified atom stereocenters. The van der Waals surface area contributed by atoms with Crippen LogP contribution in [0.25, 0.3) is 0 Å². The highest BCUT2D eigenvalue weighted by Crippen LogP contribution is 2.17. The van der Waals surface area contributed by atoms with E-state index in [0.29, 0.717) is 6.54 Å². The van der Waals surface area contributed by atoms with Crippen molar-refractivity contribution >= 4 is 11.6 Å². The maximum absolute atomic E-state index is 12.0. The number of aromatic nitrogens is 2. The Kier molecular flexibility index (Phi) is 4.20. The van der Waals surface area contributed by atoms with E-state index in [9.17, 15) is 4.79 Å². The highest BCUT2D eigenvalue weighted by atomic mass is 16.1. The van der Waals surface area contributed by atoms with Gasteiger partial charge in [-0.25, -0.2) is 0 Å². The molecule has 1 heterocycles. The lowest BCUT2D eigenvalue weighted by molar-refractivity contribution is -0.117. The number of nitrogens with one attached hydrogen (secondary N) is 1. The van der Waals surface area contributed by atoms with Crippen molar-refractivity contribution in [1.29, 1.82) is 0 Å². The molecule has 3 N–H and O–H groups in total. The van der Waals surface area contributed by atoms with E-state index in [2.05, 4.69) is 10.4 Å². The van der Waals surface area contributed by atoms with Crippen molar-refractivity contribution in [3.63, 3.8) is 0 Å². The second-order valence-electron chi connectivity index (χ2n) is 5.57. The Morgan fingerprint density at radius 3 is 2.75 bits per heavy atom. The summed E-state index contributed by atoms with van der Waals surface area (Å²) in [7, 11) is 0. The molecule has 0 spiro atoms. The van der Waals surface area contributed by atoms with Gasteiger partial charge < -0.3 is 11.1 Å². The first-order valence-corrected chi connectivity index (χ1v) is 6.58. The monoisotopic (exact) mass is 272 g/mol. The van der Waals surface area contributed by atoms with Gasteiger partial charge in [0.25, 0.3) is 0 Å². The van der Waals surface area contributed by atoms with Crippen LogP contribution in [0.4, 0.5) is 5.69 Å². The Hall–Kier alpha value is -2.14. The van der Waals surface area contributed by atoms with Crippen LogP contribution in [0.5, 0.6) is 0 Å². The number of carbonyl (C=O) groups is 1. The molecule has 0 aliphatic carbocycles. The molecule has 0 fully saturated rings. The molecular weight excluding hydrogens is 252 g/mol. The van der Waals surface area contributed by atoms with E-state index in [-0.39, 0.29) is 12.3 Å². The molecule has 2 aromatic rings. The van der Waals surface area contributed by atoms with Gasteiger partial charge >= 0.3 is 0 Å². The van der Waals surface area contributed by atoms with Crippen molar-refractivity contribution in [1.82, 2.24) is 9.78 Å². The lowest BCUT2D eigenvalue weighted by Gasteiger charge is -2.18. The van der Waals surface area contributed by atoms with Crippen LogP contribution in [0.3, 0.4) is 0 Å². The van der Waals surface area contributed by atoms with Gasteiger partial charge in [-0.1, -0.05) is 18.2 Å². The maximum Gasteiger partial charge on any atom is 0.226 e. The third kappa shape index (κ3) is 4.20. The highest BCUT2D eigenvalue weighted by molar-refractivity contribution is 5.92. The largest absolute Gasteiger partial charge is 0.326 e. The van der Waals surface area contributed by atoms with Gasteiger partial charge in [0.2, 0.25) is 5.91 Å². The predicted molar refractivity (Wildman–Crippen MR) is 79.3 cm³/mol. The summed E-state index contributed by atoms with van der Waals surface area (Å²) in [4.78, 5) is 12.0. The molecule has 20 heavy (non-hydrogen) atoms. The quantitative estimate of drug-likeness (QED) is 0.874. The van der Waals surface area contributed by atoms with Crippen molar-refractivity contribution < 1.29 is 4.79 Å². The minimum absolute atomic E-state index is 0.0783. The average molecular weight is 272 g/mol. The van der Waals surface area contributed by atoms with Crippen LogP contribution in [-0.2, 0) is 11.3 Å². The van der Waals surface area contributed by atoms with Gasteiger partial charge in [0.15, 0.2) is 0 Å². The summed E-state index contributed by atoms with van der Waals surface area (Å²) in [6.07, 6.45) is 3.91. The number of benzene rings is 1. The molecule has 1 aromatic heterocycles. The maximum atomic E-state index is 12.0. The molecule has 0 saturated heterocycles. The van der Waals surface area contributed by atoms with Crippen LogP contribution in [0, 0.1) is 0 Å². The normalized spacial score (nSPS) is 11.3. The zero-order valence-corrected chi connectivity index (χ0v) is 11.8. The summed E-state index contributed by atoms with van der Waals surface area (Å²) < 4.78 is 1.82. The highest BCUT2D eigenvalue weighted by Gasteiger charge is 2.17. The fourth-order valence-electron chi connectivity index (χ4n) is 1.96. The fraction of sp³-hybridized carbons (Fsp3) is 0.333. The Morgan fingerprint density at radius 2 is 2.10 bits per heavy atom. The number of hydrogen-bond acceptors (Lipinski definition) is 3. The van der Waals surface area contributed by atoms with Crippen LogP contribution in [0.15, 0.2) is 42.7 Å². The Labute approximate surface area is 118 Å². The van der Waals surface area contributed by atoms with Crippen LogP contribution >= 0.6 is 0 Å². The van der Waals surface area contributed by atoms with Gasteiger partial charge in [0, 0.05) is 30.0 Å². The van der Waals surface area contributed by atoms with Gasteiger partial charge in [-0.3, -0.25) is 9.48 Å². The standard InChI is InChI=1S/C15H20N4O/c1-15(2,16)10-14(20)18-13-7-4-3-6-12(13)11-19-9-5-8-17-19/h3-9H,10-11,16H2,1-2H3,(H,18,20). The first-order valence-electron chi connectivity index (χ1n) is 6.58. The topological polar surface area (TPSA) is 72.9 Å². The first kappa shape index (κ1) is 14.3. The van der Waals surface area contributed by atoms with Gasteiger partial charge in [-0.2, -0.15) is 5.10 Å². The van der Waals surface area contributed by atoms with Crippen LogP contribution in [0.2, 0.25) is 0 Å². The van der Waals surface area contributed by atoms with Gasteiger partial charge in [-0.15, -0.1) is 0 Å². The number of amides is 1. The second-order valence-corrected chi connectivity index (χ2v) is 5.57. The minimum atomic E-state index is -0.513. The lowest BCUT2D eigenvalue weighted by Crippen LogP contribution is -2.36. The van der Waals surface area contributed by atoms with Crippen molar-refractivity contribution in [2.45, 2.75) is 32.4 Å². The Bertz CT molecular complexity index is 570. The fourth-order valence-corrected chi connectivity index (χ4v) is 1.96. The molecule has 5 heteroatoms. The average Bonchev–Trinajstić information content (AvgIpc) is 2.82. The third-order valence-electron chi connectivity index (χ3n) is 2.80. The Morgan fingerprint density at radius 1 is 1.35 bits per heavy atom. The van der Waals surface area contributed by atoms with E-state index in [1.165, 1.54) is 0 Å². The van der Waals surface area contributed by atoms with Crippen LogP contribution < -0.4 is 11.1 Å². The van der Waals surface area contributed by atoms with Crippen molar-refractivity contribution in [2.24, 2.45) is 5.73 Å². The second kappa shape index (κ2) is 5.88. The summed E-state index contributed by atoms with van der Waals surface area (Å²) in [6.45, 7) is 4.29. The van der Waals surface area contributed by atoms with E-state index in [1.54, 1.807) is 6.20 Å². The molecule has 1 amide bonds. The number of rotatable bonds is 5. The zero-order valence-electron chi connectivity index (χ0n) is 11.8. The smallest absolute Gasteiger partial charge is 0.226 e. The van der Waals surface area contributed by atoms with Crippen molar-refractivity contribution in [3.8, 4) is 0 Å². The zero-order chi connectivity index (χ0) is 14.6. The number of nitrogens with two attached hydrogens (primary N) is 1. The lowest BCUT2D eigenvalue weighted by atomic mass is 10.0. The summed E-state index contributed by atoms with van der Waals surface area (Å²) in [5, 5.41) is 7.09. The minimum Gasteiger partial charge on any atom is -0.326 e. The van der Waals surface area contributed by atoms with Gasteiger partial charge in [0.1, 0.15) is 0 Å². The molecule has 2 rings (SSSR count). The summed E-state index contributed by atoms with van der Waals surface area (Å²) in [5.41, 5.74) is 7.17. The van der Waals surface area contributed by atoms with E-state index in [0.717, 1.165) is 11.3 Å². The number of anilines is 1. The van der Waals surface area contributed by atoms with Crippen molar-refractivity contribution in [2.75, 3.05) is 5.32 Å². The molecule has 0 aliphatic rings. The number of hydrogen-bond donors (Lipinski definition) is 2. The third-order valence-corrected chi connectivity index (χ3v) is 2.80. The van der Waals surface area contributed by atoms with E-state index in [1.807, 2.05) is 55.1 Å². The molecule has 1 aromatic carbocycles. The van der Waals surface area contributed by atoms with E-state index < -0.39 is 5.54 Å². The van der Waals surface area contributed by atoms with Gasteiger partial charge in [-0.05, 0) is 31.5 Å². The molecule has 0 saturated carbocycles. The predicted octanol–water partition coefficient (Wildman–Crippen LogP) is 2.00. The molecule has 0 radical (unpaired) electrons. The molecule has 0 aliphatic heterocycles. The number of para-hydroxylation sites is 1. The molecule has 5 nitrogen and oxygen atoms in total. The summed E-state index contributed by atoms with van der Waals surface area (Å²) in [6, 6.07) is 9.58. The first-order chi connectivity index (χ1) is 9.44. The SMILES string of the molecule is CC(C)(N)CC(=O)Nc1ccccc1Cn1cccn1. The van der Waals surface area contributed by atoms with E-state index in [4.69, 9.17) is 5.73 Å².